The van der Waals surface area contributed by atoms with Crippen LogP contribution in [0.15, 0.2) is 52.4 Å². The molecule has 1 unspecified atom stereocenters. The molecule has 2 heterocycles. The molecule has 0 amide bonds. The van der Waals surface area contributed by atoms with Crippen LogP contribution in [0.5, 0.6) is 5.75 Å². The van der Waals surface area contributed by atoms with Gasteiger partial charge in [0.25, 0.3) is 5.56 Å². The maximum Gasteiger partial charge on any atom is 0.573 e. The van der Waals surface area contributed by atoms with Crippen molar-refractivity contribution >= 4 is 57.5 Å². The van der Waals surface area contributed by atoms with Crippen molar-refractivity contribution in [1.82, 2.24) is 14.5 Å². The van der Waals surface area contributed by atoms with E-state index in [9.17, 15) is 22.8 Å². The number of thioether (sulfide) groups is 1. The zero-order valence-electron chi connectivity index (χ0n) is 22.1. The second-order valence-corrected chi connectivity index (χ2v) is 10.7. The fourth-order valence-corrected chi connectivity index (χ4v) is 5.31. The molecule has 2 aromatic carbocycles. The van der Waals surface area contributed by atoms with Crippen molar-refractivity contribution in [2.24, 2.45) is 7.05 Å². The van der Waals surface area contributed by atoms with E-state index in [2.05, 4.69) is 15.0 Å². The highest BCUT2D eigenvalue weighted by Crippen LogP contribution is 2.34. The third-order valence-corrected chi connectivity index (χ3v) is 7.60. The molecule has 14 heteroatoms. The minimum absolute atomic E-state index is 0.000706. The van der Waals surface area contributed by atoms with E-state index >= 15 is 0 Å². The van der Waals surface area contributed by atoms with Crippen molar-refractivity contribution in [3.05, 3.63) is 85.4 Å². The number of fused-ring (bicyclic) bond motifs is 1. The number of esters is 1. The van der Waals surface area contributed by atoms with Gasteiger partial charge in [-0.3, -0.25) is 9.36 Å². The van der Waals surface area contributed by atoms with Crippen LogP contribution >= 0.6 is 35.0 Å². The highest BCUT2D eigenvalue weighted by Gasteiger charge is 2.32. The summed E-state index contributed by atoms with van der Waals surface area (Å²) in [6.07, 6.45) is -4.89. The Morgan fingerprint density at radius 1 is 1.15 bits per heavy atom. The third-order valence-electron chi connectivity index (χ3n) is 5.98. The van der Waals surface area contributed by atoms with Gasteiger partial charge in [-0.25, -0.2) is 14.8 Å². The van der Waals surface area contributed by atoms with Gasteiger partial charge in [0.1, 0.15) is 10.9 Å². The van der Waals surface area contributed by atoms with E-state index in [4.69, 9.17) is 32.9 Å². The molecule has 0 radical (unpaired) electrons. The summed E-state index contributed by atoms with van der Waals surface area (Å²) in [5.41, 5.74) is 2.49. The van der Waals surface area contributed by atoms with Crippen LogP contribution in [0.2, 0.25) is 10.2 Å². The number of benzene rings is 2. The highest BCUT2D eigenvalue weighted by molar-refractivity contribution is 7.98. The Bertz CT molecular complexity index is 1700. The van der Waals surface area contributed by atoms with E-state index in [1.807, 2.05) is 19.9 Å². The quantitative estimate of drug-likeness (QED) is 0.0958. The number of hydrogen-bond donors (Lipinski definition) is 1. The van der Waals surface area contributed by atoms with Crippen LogP contribution < -0.4 is 15.6 Å². The van der Waals surface area contributed by atoms with Gasteiger partial charge in [-0.2, -0.15) is 0 Å². The third kappa shape index (κ3) is 7.06. The van der Waals surface area contributed by atoms with Gasteiger partial charge in [0.15, 0.2) is 10.9 Å². The lowest BCUT2D eigenvalue weighted by atomic mass is 10.0. The molecule has 4 rings (SSSR count). The second kappa shape index (κ2) is 12.2. The number of rotatable bonds is 8. The summed E-state index contributed by atoms with van der Waals surface area (Å²) >= 11 is 13.0. The number of methoxy groups -OCH3 is 1. The van der Waals surface area contributed by atoms with Gasteiger partial charge in [-0.1, -0.05) is 47.1 Å². The number of hydrogen-bond acceptors (Lipinski definition) is 8. The normalized spacial score (nSPS) is 12.3. The molecule has 0 spiro atoms. The number of carbonyl (C=O) groups is 1. The monoisotopic (exact) mass is 626 g/mol. The van der Waals surface area contributed by atoms with Crippen molar-refractivity contribution < 1.29 is 27.4 Å². The Morgan fingerprint density at radius 2 is 1.88 bits per heavy atom. The lowest BCUT2D eigenvalue weighted by molar-refractivity contribution is -0.274. The van der Waals surface area contributed by atoms with Gasteiger partial charge in [0.2, 0.25) is 0 Å². The smallest absolute Gasteiger partial charge is 0.464 e. The minimum Gasteiger partial charge on any atom is -0.464 e. The van der Waals surface area contributed by atoms with Crippen molar-refractivity contribution in [2.75, 3.05) is 12.4 Å². The second-order valence-electron chi connectivity index (χ2n) is 9.00. The number of halogens is 5. The average molecular weight is 627 g/mol. The van der Waals surface area contributed by atoms with Crippen LogP contribution in [-0.4, -0.2) is 34.0 Å². The average Bonchev–Trinajstić information content (AvgIpc) is 2.91. The number of aryl methyl sites for hydroxylation is 1. The van der Waals surface area contributed by atoms with E-state index in [0.29, 0.717) is 32.9 Å². The summed E-state index contributed by atoms with van der Waals surface area (Å²) in [6.45, 7) is 3.69. The van der Waals surface area contributed by atoms with Crippen LogP contribution in [0, 0.1) is 6.92 Å². The van der Waals surface area contributed by atoms with E-state index < -0.39 is 24.1 Å². The van der Waals surface area contributed by atoms with Crippen LogP contribution in [0.1, 0.15) is 40.1 Å². The molecule has 0 saturated carbocycles. The molecule has 4 aromatic rings. The molecule has 1 N–H and O–H groups in total. The van der Waals surface area contributed by atoms with Crippen molar-refractivity contribution in [2.45, 2.75) is 37.2 Å². The number of anilines is 1. The predicted octanol–water partition coefficient (Wildman–Crippen LogP) is 7.09. The Labute approximate surface area is 246 Å². The van der Waals surface area contributed by atoms with Gasteiger partial charge < -0.3 is 14.8 Å². The number of aromatic nitrogens is 3. The summed E-state index contributed by atoms with van der Waals surface area (Å²) in [4.78, 5) is 34.5. The van der Waals surface area contributed by atoms with E-state index in [1.54, 1.807) is 25.2 Å². The van der Waals surface area contributed by atoms with Crippen LogP contribution in [0.25, 0.3) is 10.9 Å². The Morgan fingerprint density at radius 3 is 2.56 bits per heavy atom. The largest absolute Gasteiger partial charge is 0.573 e. The first-order valence-corrected chi connectivity index (χ1v) is 13.7. The molecule has 0 fully saturated rings. The molecule has 2 aromatic heterocycles. The number of pyridine rings is 1. The first-order valence-electron chi connectivity index (χ1n) is 12.0. The molecule has 0 aliphatic carbocycles. The van der Waals surface area contributed by atoms with Crippen LogP contribution in [0.4, 0.5) is 18.9 Å². The SMILES string of the molecule is COC(=O)c1nc(Cl)ccc1NC(C)c1cc(C)cc2c(=O)n(C)c(SCc3ccc(Cl)c(OC(F)(F)F)c3)nc12. The molecule has 41 heavy (non-hydrogen) atoms. The van der Waals surface area contributed by atoms with Gasteiger partial charge in [-0.05, 0) is 55.3 Å². The molecule has 8 nitrogen and oxygen atoms in total. The van der Waals surface area contributed by atoms with E-state index in [0.717, 1.165) is 5.56 Å². The molecular formula is C27H23Cl2F3N4O4S. The summed E-state index contributed by atoms with van der Waals surface area (Å²) < 4.78 is 48.4. The van der Waals surface area contributed by atoms with Gasteiger partial charge in [0, 0.05) is 18.4 Å². The molecule has 0 bridgehead atoms. The van der Waals surface area contributed by atoms with Crippen molar-refractivity contribution in [3.8, 4) is 5.75 Å². The molecule has 0 aliphatic heterocycles. The summed E-state index contributed by atoms with van der Waals surface area (Å²) in [5, 5.41) is 3.90. The maximum atomic E-state index is 13.4. The Hall–Kier alpha value is -3.48. The molecular weight excluding hydrogens is 604 g/mol. The topological polar surface area (TPSA) is 95.3 Å². The standard InChI is InChI=1S/C27H23Cl2F3N4O4S/c1-13-9-16(14(2)33-19-7-8-21(29)34-23(19)25(38)39-4)22-17(10-13)24(37)36(3)26(35-22)41-12-15-5-6-18(28)20(11-15)40-27(30,31)32/h5-11,14,33H,12H2,1-4H3. The Kier molecular flexibility index (Phi) is 9.05. The first-order chi connectivity index (χ1) is 19.3. The molecule has 216 valence electrons. The maximum absolute atomic E-state index is 13.4. The lowest BCUT2D eigenvalue weighted by Gasteiger charge is -2.20. The van der Waals surface area contributed by atoms with E-state index in [1.165, 1.54) is 41.6 Å². The lowest BCUT2D eigenvalue weighted by Crippen LogP contribution is -2.22. The highest BCUT2D eigenvalue weighted by atomic mass is 35.5. The van der Waals surface area contributed by atoms with Gasteiger partial charge in [-0.15, -0.1) is 13.2 Å². The summed E-state index contributed by atoms with van der Waals surface area (Å²) in [6, 6.07) is 10.4. The van der Waals surface area contributed by atoms with Crippen LogP contribution in [0.3, 0.4) is 0 Å². The summed E-state index contributed by atoms with van der Waals surface area (Å²) in [7, 11) is 2.81. The molecule has 1 atom stereocenters. The van der Waals surface area contributed by atoms with Crippen molar-refractivity contribution in [1.29, 1.82) is 0 Å². The minimum atomic E-state index is -4.89. The van der Waals surface area contributed by atoms with Gasteiger partial charge in [0.05, 0.1) is 34.8 Å². The van der Waals surface area contributed by atoms with Crippen molar-refractivity contribution in [3.63, 3.8) is 0 Å². The number of nitrogens with one attached hydrogen (secondary N) is 1. The molecule has 0 saturated heterocycles. The predicted molar refractivity (Wildman–Crippen MR) is 152 cm³/mol. The number of ether oxygens (including phenoxy) is 2. The molecule has 0 aliphatic rings. The van der Waals surface area contributed by atoms with E-state index in [-0.39, 0.29) is 27.2 Å². The van der Waals surface area contributed by atoms with Gasteiger partial charge >= 0.3 is 12.3 Å². The van der Waals surface area contributed by atoms with Crippen LogP contribution in [-0.2, 0) is 17.5 Å². The number of alkyl halides is 3. The zero-order valence-corrected chi connectivity index (χ0v) is 24.4. The number of carbonyl (C=O) groups excluding carboxylic acids is 1. The number of nitrogens with zero attached hydrogens (tertiary/aromatic N) is 3. The fraction of sp³-hybridized carbons (Fsp3) is 0.259. The first kappa shape index (κ1) is 30.5. The Balaban J connectivity index is 1.70. The fourth-order valence-electron chi connectivity index (χ4n) is 4.10. The zero-order chi connectivity index (χ0) is 30.1. The summed E-state index contributed by atoms with van der Waals surface area (Å²) in [5.74, 6) is -1.00.